The van der Waals surface area contributed by atoms with Gasteiger partial charge in [0.15, 0.2) is 5.82 Å². The van der Waals surface area contributed by atoms with E-state index in [2.05, 4.69) is 15.3 Å². The lowest BCUT2D eigenvalue weighted by atomic mass is 10.2. The van der Waals surface area contributed by atoms with Crippen LogP contribution in [0.15, 0.2) is 36.7 Å². The molecule has 1 N–H and O–H groups in total. The lowest BCUT2D eigenvalue weighted by Gasteiger charge is -2.07. The predicted octanol–water partition coefficient (Wildman–Crippen LogP) is 3.02. The Labute approximate surface area is 105 Å². The van der Waals surface area contributed by atoms with Gasteiger partial charge in [0.1, 0.15) is 5.15 Å². The van der Waals surface area contributed by atoms with Gasteiger partial charge in [-0.3, -0.25) is 4.98 Å². The maximum absolute atomic E-state index is 5.76. The highest BCUT2D eigenvalue weighted by atomic mass is 35.5. The van der Waals surface area contributed by atoms with Crippen molar-refractivity contribution in [1.29, 1.82) is 0 Å². The fourth-order valence-electron chi connectivity index (χ4n) is 1.46. The zero-order chi connectivity index (χ0) is 12.1. The van der Waals surface area contributed by atoms with Crippen molar-refractivity contribution in [2.45, 2.75) is 6.61 Å². The van der Waals surface area contributed by atoms with E-state index in [0.29, 0.717) is 17.6 Å². The molecule has 0 amide bonds. The summed E-state index contributed by atoms with van der Waals surface area (Å²) in [6, 6.07) is 7.89. The van der Waals surface area contributed by atoms with Gasteiger partial charge in [-0.05, 0) is 17.7 Å². The molecule has 0 spiro atoms. The summed E-state index contributed by atoms with van der Waals surface area (Å²) in [6.07, 6.45) is 3.11. The van der Waals surface area contributed by atoms with Crippen LogP contribution in [-0.2, 0) is 11.3 Å². The van der Waals surface area contributed by atoms with E-state index in [0.717, 1.165) is 11.3 Å². The van der Waals surface area contributed by atoms with Crippen LogP contribution in [0.1, 0.15) is 5.56 Å². The molecule has 0 radical (unpaired) electrons. The molecule has 1 heterocycles. The zero-order valence-electron chi connectivity index (χ0n) is 9.35. The molecule has 0 atom stereocenters. The van der Waals surface area contributed by atoms with E-state index in [1.165, 1.54) is 6.20 Å². The van der Waals surface area contributed by atoms with Gasteiger partial charge in [-0.1, -0.05) is 23.7 Å². The Morgan fingerprint density at radius 2 is 2.24 bits per heavy atom. The van der Waals surface area contributed by atoms with Crippen LogP contribution < -0.4 is 5.32 Å². The highest BCUT2D eigenvalue weighted by Gasteiger charge is 1.99. The van der Waals surface area contributed by atoms with Crippen molar-refractivity contribution >= 4 is 23.1 Å². The molecule has 0 aliphatic rings. The summed E-state index contributed by atoms with van der Waals surface area (Å²) < 4.78 is 5.08. The topological polar surface area (TPSA) is 47.0 Å². The average molecular weight is 250 g/mol. The molecule has 88 valence electrons. The number of ether oxygens (including phenoxy) is 1. The van der Waals surface area contributed by atoms with E-state index < -0.39 is 0 Å². The highest BCUT2D eigenvalue weighted by Crippen LogP contribution is 2.17. The van der Waals surface area contributed by atoms with E-state index in [1.54, 1.807) is 13.3 Å². The molecule has 0 saturated heterocycles. The van der Waals surface area contributed by atoms with Crippen LogP contribution in [0.2, 0.25) is 5.15 Å². The first-order valence-corrected chi connectivity index (χ1v) is 5.48. The summed E-state index contributed by atoms with van der Waals surface area (Å²) in [5, 5.41) is 3.49. The number of nitrogens with zero attached hydrogens (tertiary/aromatic N) is 2. The quantitative estimate of drug-likeness (QED) is 0.905. The number of anilines is 2. The molecule has 1 aromatic heterocycles. The second-order valence-corrected chi connectivity index (χ2v) is 3.87. The number of hydrogen-bond acceptors (Lipinski definition) is 4. The first kappa shape index (κ1) is 11.8. The first-order valence-electron chi connectivity index (χ1n) is 5.10. The summed E-state index contributed by atoms with van der Waals surface area (Å²) >= 11 is 5.76. The lowest BCUT2D eigenvalue weighted by Crippen LogP contribution is -1.96. The van der Waals surface area contributed by atoms with Crippen molar-refractivity contribution in [2.75, 3.05) is 12.4 Å². The van der Waals surface area contributed by atoms with Gasteiger partial charge in [-0.15, -0.1) is 0 Å². The minimum absolute atomic E-state index is 0.364. The van der Waals surface area contributed by atoms with Crippen LogP contribution >= 0.6 is 11.6 Å². The predicted molar refractivity (Wildman–Crippen MR) is 67.5 cm³/mol. The summed E-state index contributed by atoms with van der Waals surface area (Å²) in [6.45, 7) is 0.580. The van der Waals surface area contributed by atoms with Crippen molar-refractivity contribution in [3.05, 3.63) is 47.4 Å². The molecule has 0 unspecified atom stereocenters. The largest absolute Gasteiger partial charge is 0.380 e. The Balaban J connectivity index is 2.15. The second kappa shape index (κ2) is 5.61. The van der Waals surface area contributed by atoms with Gasteiger partial charge in [0, 0.05) is 12.8 Å². The second-order valence-electron chi connectivity index (χ2n) is 3.49. The summed E-state index contributed by atoms with van der Waals surface area (Å²) in [5.41, 5.74) is 2.02. The summed E-state index contributed by atoms with van der Waals surface area (Å²) in [7, 11) is 1.67. The molecular formula is C12H12ClN3O. The van der Waals surface area contributed by atoms with Gasteiger partial charge < -0.3 is 10.1 Å². The van der Waals surface area contributed by atoms with Gasteiger partial charge in [-0.2, -0.15) is 0 Å². The van der Waals surface area contributed by atoms with Crippen molar-refractivity contribution in [3.63, 3.8) is 0 Å². The number of halogens is 1. The molecule has 0 aliphatic carbocycles. The average Bonchev–Trinajstić information content (AvgIpc) is 2.30. The number of hydrogen-bond donors (Lipinski definition) is 1. The number of nitrogens with one attached hydrogen (secondary N) is 1. The fraction of sp³-hybridized carbons (Fsp3) is 0.167. The Kier molecular flexibility index (Phi) is 3.90. The van der Waals surface area contributed by atoms with Gasteiger partial charge >= 0.3 is 0 Å². The first-order chi connectivity index (χ1) is 8.28. The molecule has 0 fully saturated rings. The van der Waals surface area contributed by atoms with Crippen molar-refractivity contribution in [3.8, 4) is 0 Å². The fourth-order valence-corrected chi connectivity index (χ4v) is 1.60. The van der Waals surface area contributed by atoms with Gasteiger partial charge in [-0.25, -0.2) is 4.98 Å². The van der Waals surface area contributed by atoms with Crippen LogP contribution in [0, 0.1) is 0 Å². The van der Waals surface area contributed by atoms with E-state index in [-0.39, 0.29) is 0 Å². The molecule has 2 rings (SSSR count). The SMILES string of the molecule is COCc1cccc(Nc2cncc(Cl)n2)c1. The van der Waals surface area contributed by atoms with Crippen LogP contribution in [0.4, 0.5) is 11.5 Å². The summed E-state index contributed by atoms with van der Waals surface area (Å²) in [4.78, 5) is 8.06. The maximum atomic E-state index is 5.76. The Morgan fingerprint density at radius 1 is 1.35 bits per heavy atom. The number of rotatable bonds is 4. The standard InChI is InChI=1S/C12H12ClN3O/c1-17-8-9-3-2-4-10(5-9)15-12-7-14-6-11(13)16-12/h2-7H,8H2,1H3,(H,15,16). The van der Waals surface area contributed by atoms with E-state index in [4.69, 9.17) is 16.3 Å². The molecule has 0 saturated carbocycles. The third-order valence-electron chi connectivity index (χ3n) is 2.12. The third-order valence-corrected chi connectivity index (χ3v) is 2.30. The number of benzene rings is 1. The minimum atomic E-state index is 0.364. The van der Waals surface area contributed by atoms with Gasteiger partial charge in [0.05, 0.1) is 19.0 Å². The van der Waals surface area contributed by atoms with Gasteiger partial charge in [0.2, 0.25) is 0 Å². The third kappa shape index (κ3) is 3.41. The molecule has 0 aliphatic heterocycles. The van der Waals surface area contributed by atoms with Crippen LogP contribution in [0.25, 0.3) is 0 Å². The molecule has 17 heavy (non-hydrogen) atoms. The summed E-state index contributed by atoms with van der Waals surface area (Å²) in [5.74, 6) is 0.618. The zero-order valence-corrected chi connectivity index (χ0v) is 10.1. The molecule has 2 aromatic rings. The maximum Gasteiger partial charge on any atom is 0.150 e. The minimum Gasteiger partial charge on any atom is -0.380 e. The lowest BCUT2D eigenvalue weighted by molar-refractivity contribution is 0.185. The van der Waals surface area contributed by atoms with E-state index in [9.17, 15) is 0 Å². The molecular weight excluding hydrogens is 238 g/mol. The molecule has 5 heteroatoms. The van der Waals surface area contributed by atoms with Crippen LogP contribution in [-0.4, -0.2) is 17.1 Å². The Hall–Kier alpha value is -1.65. The number of methoxy groups -OCH3 is 1. The van der Waals surface area contributed by atoms with Crippen LogP contribution in [0.5, 0.6) is 0 Å². The molecule has 0 bridgehead atoms. The Morgan fingerprint density at radius 3 is 3.00 bits per heavy atom. The van der Waals surface area contributed by atoms with Crippen LogP contribution in [0.3, 0.4) is 0 Å². The van der Waals surface area contributed by atoms with Gasteiger partial charge in [0.25, 0.3) is 0 Å². The van der Waals surface area contributed by atoms with Crippen molar-refractivity contribution < 1.29 is 4.74 Å². The van der Waals surface area contributed by atoms with E-state index >= 15 is 0 Å². The number of aromatic nitrogens is 2. The Bertz CT molecular complexity index is 505. The highest BCUT2D eigenvalue weighted by molar-refractivity contribution is 6.29. The smallest absolute Gasteiger partial charge is 0.150 e. The monoisotopic (exact) mass is 249 g/mol. The van der Waals surface area contributed by atoms with Crippen molar-refractivity contribution in [2.24, 2.45) is 0 Å². The normalized spacial score (nSPS) is 10.2. The van der Waals surface area contributed by atoms with E-state index in [1.807, 2.05) is 24.3 Å². The van der Waals surface area contributed by atoms with Crippen molar-refractivity contribution in [1.82, 2.24) is 9.97 Å². The molecule has 1 aromatic carbocycles. The molecule has 4 nitrogen and oxygen atoms in total.